The first-order chi connectivity index (χ1) is 13.2. The van der Waals surface area contributed by atoms with E-state index in [1.54, 1.807) is 7.11 Å². The van der Waals surface area contributed by atoms with E-state index in [1.807, 2.05) is 36.4 Å². The first-order valence-corrected chi connectivity index (χ1v) is 9.33. The molecule has 2 aliphatic heterocycles. The summed E-state index contributed by atoms with van der Waals surface area (Å²) in [4.78, 5) is 7.21. The molecule has 1 unspecified atom stereocenters. The molecule has 2 aliphatic rings. The number of anilines is 1. The van der Waals surface area contributed by atoms with Gasteiger partial charge in [0.05, 0.1) is 24.9 Å². The van der Waals surface area contributed by atoms with E-state index < -0.39 is 0 Å². The van der Waals surface area contributed by atoms with Crippen LogP contribution in [0.3, 0.4) is 0 Å². The van der Waals surface area contributed by atoms with E-state index >= 15 is 0 Å². The molecule has 5 rings (SSSR count). The van der Waals surface area contributed by atoms with Crippen molar-refractivity contribution in [3.63, 3.8) is 0 Å². The molecular weight excluding hydrogens is 340 g/mol. The highest BCUT2D eigenvalue weighted by Crippen LogP contribution is 2.39. The van der Waals surface area contributed by atoms with Crippen molar-refractivity contribution in [1.29, 1.82) is 0 Å². The number of methoxy groups -OCH3 is 1. The number of rotatable bonds is 3. The second kappa shape index (κ2) is 6.34. The summed E-state index contributed by atoms with van der Waals surface area (Å²) in [7, 11) is 1.70. The number of pyridine rings is 1. The number of fused-ring (bicyclic) bond motifs is 4. The molecule has 0 fully saturated rings. The molecule has 0 N–H and O–H groups in total. The molecule has 27 heavy (non-hydrogen) atoms. The first kappa shape index (κ1) is 16.2. The van der Waals surface area contributed by atoms with Crippen molar-refractivity contribution in [2.75, 3.05) is 31.7 Å². The molecule has 0 bridgehead atoms. The van der Waals surface area contributed by atoms with Gasteiger partial charge in [0.1, 0.15) is 12.4 Å². The summed E-state index contributed by atoms with van der Waals surface area (Å²) in [6.45, 7) is 4.42. The Morgan fingerprint density at radius 3 is 2.89 bits per heavy atom. The molecular formula is C22H22N2O3. The molecule has 1 aromatic heterocycles. The zero-order valence-corrected chi connectivity index (χ0v) is 15.6. The van der Waals surface area contributed by atoms with Crippen LogP contribution in [-0.4, -0.2) is 37.9 Å². The van der Waals surface area contributed by atoms with Gasteiger partial charge in [-0.2, -0.15) is 0 Å². The Balaban J connectivity index is 1.49. The van der Waals surface area contributed by atoms with Crippen LogP contribution in [0.1, 0.15) is 11.3 Å². The number of aryl methyl sites for hydroxylation is 1. The summed E-state index contributed by atoms with van der Waals surface area (Å²) in [6.07, 6.45) is 1.01. The highest BCUT2D eigenvalue weighted by atomic mass is 16.6. The summed E-state index contributed by atoms with van der Waals surface area (Å²) in [6, 6.07) is 14.0. The minimum Gasteiger partial charge on any atom is -0.497 e. The standard InChI is InChI=1S/C22H22N2O3/c1-14-17-9-10-24(12-16-13-26-20-5-3-4-6-21(20)27-16)22(17)18-11-15(25-2)7-8-19(18)23-14/h3-8,11,16H,9-10,12-13H2,1-2H3. The smallest absolute Gasteiger partial charge is 0.161 e. The molecule has 5 heteroatoms. The van der Waals surface area contributed by atoms with Crippen molar-refractivity contribution in [1.82, 2.24) is 4.98 Å². The van der Waals surface area contributed by atoms with Gasteiger partial charge in [0.25, 0.3) is 0 Å². The Hall–Kier alpha value is -2.95. The monoisotopic (exact) mass is 362 g/mol. The van der Waals surface area contributed by atoms with Crippen molar-refractivity contribution in [2.24, 2.45) is 0 Å². The average Bonchev–Trinajstić information content (AvgIpc) is 3.12. The maximum Gasteiger partial charge on any atom is 0.161 e. The summed E-state index contributed by atoms with van der Waals surface area (Å²) in [5, 5.41) is 1.14. The second-order valence-corrected chi connectivity index (χ2v) is 7.10. The minimum absolute atomic E-state index is 0.0000192. The average molecular weight is 362 g/mol. The van der Waals surface area contributed by atoms with Gasteiger partial charge < -0.3 is 19.1 Å². The summed E-state index contributed by atoms with van der Waals surface area (Å²) in [5.41, 5.74) is 4.70. The third-order valence-corrected chi connectivity index (χ3v) is 5.41. The number of hydrogen-bond acceptors (Lipinski definition) is 5. The van der Waals surface area contributed by atoms with Gasteiger partial charge in [0, 0.05) is 17.6 Å². The van der Waals surface area contributed by atoms with Gasteiger partial charge in [-0.25, -0.2) is 0 Å². The van der Waals surface area contributed by atoms with Crippen molar-refractivity contribution < 1.29 is 14.2 Å². The lowest BCUT2D eigenvalue weighted by Gasteiger charge is -2.31. The van der Waals surface area contributed by atoms with Gasteiger partial charge in [0.2, 0.25) is 0 Å². The molecule has 0 saturated heterocycles. The first-order valence-electron chi connectivity index (χ1n) is 9.33. The van der Waals surface area contributed by atoms with Crippen LogP contribution in [0.5, 0.6) is 17.2 Å². The SMILES string of the molecule is COc1ccc2nc(C)c3c(c2c1)N(CC1COc2ccccc2O1)CC3. The Bertz CT molecular complexity index is 1020. The van der Waals surface area contributed by atoms with Gasteiger partial charge in [0.15, 0.2) is 17.6 Å². The van der Waals surface area contributed by atoms with E-state index in [0.29, 0.717) is 6.61 Å². The number of benzene rings is 2. The fourth-order valence-corrected chi connectivity index (χ4v) is 4.11. The Kier molecular flexibility index (Phi) is 3.81. The van der Waals surface area contributed by atoms with E-state index in [9.17, 15) is 0 Å². The third kappa shape index (κ3) is 2.74. The topological polar surface area (TPSA) is 43.8 Å². The maximum atomic E-state index is 6.19. The second-order valence-electron chi connectivity index (χ2n) is 7.10. The lowest BCUT2D eigenvalue weighted by atomic mass is 10.1. The van der Waals surface area contributed by atoms with Crippen LogP contribution in [0.4, 0.5) is 5.69 Å². The fourth-order valence-electron chi connectivity index (χ4n) is 4.11. The molecule has 0 spiro atoms. The van der Waals surface area contributed by atoms with Crippen molar-refractivity contribution in [2.45, 2.75) is 19.4 Å². The Morgan fingerprint density at radius 1 is 1.19 bits per heavy atom. The quantitative estimate of drug-likeness (QED) is 0.710. The molecule has 5 nitrogen and oxygen atoms in total. The minimum atomic E-state index is -0.0000192. The van der Waals surface area contributed by atoms with E-state index in [4.69, 9.17) is 19.2 Å². The number of hydrogen-bond donors (Lipinski definition) is 0. The number of para-hydroxylation sites is 2. The summed E-state index contributed by atoms with van der Waals surface area (Å²) < 4.78 is 17.5. The van der Waals surface area contributed by atoms with Crippen LogP contribution in [0.2, 0.25) is 0 Å². The molecule has 0 aliphatic carbocycles. The summed E-state index contributed by atoms with van der Waals surface area (Å²) in [5.74, 6) is 2.50. The highest BCUT2D eigenvalue weighted by Gasteiger charge is 2.29. The normalized spacial score (nSPS) is 17.9. The van der Waals surface area contributed by atoms with Gasteiger partial charge >= 0.3 is 0 Å². The Labute approximate surface area is 158 Å². The zero-order chi connectivity index (χ0) is 18.4. The van der Waals surface area contributed by atoms with Crippen LogP contribution in [0.25, 0.3) is 10.9 Å². The van der Waals surface area contributed by atoms with Crippen LogP contribution in [-0.2, 0) is 6.42 Å². The Morgan fingerprint density at radius 2 is 2.04 bits per heavy atom. The van der Waals surface area contributed by atoms with Crippen LogP contribution < -0.4 is 19.1 Å². The van der Waals surface area contributed by atoms with E-state index in [1.165, 1.54) is 11.3 Å². The van der Waals surface area contributed by atoms with Crippen LogP contribution in [0, 0.1) is 6.92 Å². The molecule has 0 radical (unpaired) electrons. The number of aromatic nitrogens is 1. The number of nitrogens with zero attached hydrogens (tertiary/aromatic N) is 2. The highest BCUT2D eigenvalue weighted by molar-refractivity contribution is 5.96. The van der Waals surface area contributed by atoms with Crippen molar-refractivity contribution in [3.05, 3.63) is 53.7 Å². The number of ether oxygens (including phenoxy) is 3. The fraction of sp³-hybridized carbons (Fsp3) is 0.318. The molecule has 3 heterocycles. The van der Waals surface area contributed by atoms with Crippen LogP contribution in [0.15, 0.2) is 42.5 Å². The van der Waals surface area contributed by atoms with Gasteiger partial charge in [-0.15, -0.1) is 0 Å². The lowest BCUT2D eigenvalue weighted by Crippen LogP contribution is -2.40. The maximum absolute atomic E-state index is 6.19. The zero-order valence-electron chi connectivity index (χ0n) is 15.6. The van der Waals surface area contributed by atoms with Gasteiger partial charge in [-0.1, -0.05) is 12.1 Å². The lowest BCUT2D eigenvalue weighted by molar-refractivity contribution is 0.0956. The predicted octanol–water partition coefficient (Wildman–Crippen LogP) is 3.75. The largest absolute Gasteiger partial charge is 0.497 e. The summed E-state index contributed by atoms with van der Waals surface area (Å²) >= 11 is 0. The predicted molar refractivity (Wildman–Crippen MR) is 105 cm³/mol. The van der Waals surface area contributed by atoms with Crippen molar-refractivity contribution >= 4 is 16.6 Å². The molecule has 2 aromatic carbocycles. The van der Waals surface area contributed by atoms with E-state index in [-0.39, 0.29) is 6.10 Å². The molecule has 1 atom stereocenters. The van der Waals surface area contributed by atoms with Gasteiger partial charge in [-0.3, -0.25) is 4.98 Å². The third-order valence-electron chi connectivity index (χ3n) is 5.41. The molecule has 138 valence electrons. The van der Waals surface area contributed by atoms with Crippen LogP contribution >= 0.6 is 0 Å². The van der Waals surface area contributed by atoms with E-state index in [0.717, 1.165) is 53.4 Å². The van der Waals surface area contributed by atoms with Crippen molar-refractivity contribution in [3.8, 4) is 17.2 Å². The molecule has 0 amide bonds. The van der Waals surface area contributed by atoms with E-state index in [2.05, 4.69) is 17.9 Å². The molecule has 0 saturated carbocycles. The molecule has 3 aromatic rings. The van der Waals surface area contributed by atoms with Gasteiger partial charge in [-0.05, 0) is 49.2 Å².